The number of hydrogen-bond donors (Lipinski definition) is 1. The summed E-state index contributed by atoms with van der Waals surface area (Å²) in [5, 5.41) is 3.80. The van der Waals surface area contributed by atoms with Gasteiger partial charge in [-0.2, -0.15) is 0 Å². The second-order valence-electron chi connectivity index (χ2n) is 4.39. The van der Waals surface area contributed by atoms with E-state index in [9.17, 15) is 0 Å². The topological polar surface area (TPSA) is 43.6 Å². The Hall–Kier alpha value is -1.91. The van der Waals surface area contributed by atoms with E-state index in [1.165, 1.54) is 0 Å². The molecular weight excluding hydrogens is 290 g/mol. The Morgan fingerprint density at radius 2 is 2.24 bits per heavy atom. The number of ether oxygens (including phenoxy) is 2. The molecule has 1 aromatic heterocycles. The van der Waals surface area contributed by atoms with Crippen molar-refractivity contribution in [2.45, 2.75) is 13.1 Å². The molecule has 0 bridgehead atoms. The Morgan fingerprint density at radius 3 is 2.90 bits per heavy atom. The van der Waals surface area contributed by atoms with E-state index in [4.69, 9.17) is 25.5 Å². The normalized spacial score (nSPS) is 10.4. The van der Waals surface area contributed by atoms with Crippen molar-refractivity contribution in [2.24, 2.45) is 0 Å². The number of benzene rings is 1. The maximum absolute atomic E-state index is 6.24. The van der Waals surface area contributed by atoms with Crippen LogP contribution in [0.5, 0.6) is 11.5 Å². The summed E-state index contributed by atoms with van der Waals surface area (Å²) in [6, 6.07) is 7.55. The van der Waals surface area contributed by atoms with Gasteiger partial charge in [0.2, 0.25) is 0 Å². The summed E-state index contributed by atoms with van der Waals surface area (Å²) < 4.78 is 16.1. The van der Waals surface area contributed by atoms with Gasteiger partial charge in [0, 0.05) is 6.54 Å². The summed E-state index contributed by atoms with van der Waals surface area (Å²) in [6.45, 7) is 5.30. The monoisotopic (exact) mass is 307 g/mol. The molecule has 1 N–H and O–H groups in total. The Morgan fingerprint density at radius 1 is 1.38 bits per heavy atom. The predicted octanol–water partition coefficient (Wildman–Crippen LogP) is 3.80. The lowest BCUT2D eigenvalue weighted by Crippen LogP contribution is -2.12. The highest BCUT2D eigenvalue weighted by molar-refractivity contribution is 6.32. The summed E-state index contributed by atoms with van der Waals surface area (Å²) in [6.07, 6.45) is 3.32. The molecule has 0 spiro atoms. The van der Waals surface area contributed by atoms with Gasteiger partial charge in [-0.25, -0.2) is 0 Å². The molecule has 0 radical (unpaired) electrons. The summed E-state index contributed by atoms with van der Waals surface area (Å²) in [5.74, 6) is 2.03. The van der Waals surface area contributed by atoms with Crippen LogP contribution in [0.3, 0.4) is 0 Å². The SMILES string of the molecule is C=CCOc1c(Cl)cc(CNCc2ccco2)cc1OC. The maximum Gasteiger partial charge on any atom is 0.180 e. The summed E-state index contributed by atoms with van der Waals surface area (Å²) in [4.78, 5) is 0. The molecule has 1 heterocycles. The third-order valence-electron chi connectivity index (χ3n) is 2.84. The number of halogens is 1. The first kappa shape index (κ1) is 15.5. The molecule has 0 unspecified atom stereocenters. The lowest BCUT2D eigenvalue weighted by Gasteiger charge is -2.13. The molecular formula is C16H18ClNO3. The average Bonchev–Trinajstić information content (AvgIpc) is 2.99. The van der Waals surface area contributed by atoms with Gasteiger partial charge in [-0.1, -0.05) is 24.3 Å². The highest BCUT2D eigenvalue weighted by atomic mass is 35.5. The van der Waals surface area contributed by atoms with Crippen LogP contribution < -0.4 is 14.8 Å². The van der Waals surface area contributed by atoms with Gasteiger partial charge in [-0.05, 0) is 29.8 Å². The van der Waals surface area contributed by atoms with Crippen LogP contribution in [0, 0.1) is 0 Å². The van der Waals surface area contributed by atoms with Gasteiger partial charge in [0.05, 0.1) is 24.9 Å². The van der Waals surface area contributed by atoms with E-state index in [-0.39, 0.29) is 0 Å². The fourth-order valence-corrected chi connectivity index (χ4v) is 2.19. The van der Waals surface area contributed by atoms with Gasteiger partial charge in [0.1, 0.15) is 12.4 Å². The van der Waals surface area contributed by atoms with Crippen LogP contribution in [-0.4, -0.2) is 13.7 Å². The lowest BCUT2D eigenvalue weighted by atomic mass is 10.2. The first-order valence-corrected chi connectivity index (χ1v) is 6.95. The fraction of sp³-hybridized carbons (Fsp3) is 0.250. The van der Waals surface area contributed by atoms with E-state index >= 15 is 0 Å². The molecule has 0 fully saturated rings. The van der Waals surface area contributed by atoms with Crippen molar-refractivity contribution >= 4 is 11.6 Å². The molecule has 0 aliphatic carbocycles. The third kappa shape index (κ3) is 4.28. The standard InChI is InChI=1S/C16H18ClNO3/c1-3-6-21-16-14(17)8-12(9-15(16)19-2)10-18-11-13-5-4-7-20-13/h3-5,7-9,18H,1,6,10-11H2,2H3. The summed E-state index contributed by atoms with van der Waals surface area (Å²) >= 11 is 6.24. The molecule has 1 aromatic carbocycles. The first-order chi connectivity index (χ1) is 10.2. The number of furan rings is 1. The van der Waals surface area contributed by atoms with Gasteiger partial charge in [0.15, 0.2) is 11.5 Å². The van der Waals surface area contributed by atoms with Gasteiger partial charge >= 0.3 is 0 Å². The van der Waals surface area contributed by atoms with Crippen molar-refractivity contribution in [2.75, 3.05) is 13.7 Å². The molecule has 0 aliphatic heterocycles. The van der Waals surface area contributed by atoms with Crippen LogP contribution in [0.15, 0.2) is 47.6 Å². The largest absolute Gasteiger partial charge is 0.493 e. The van der Waals surface area contributed by atoms with Crippen molar-refractivity contribution in [3.05, 3.63) is 59.5 Å². The van der Waals surface area contributed by atoms with Gasteiger partial charge in [-0.3, -0.25) is 0 Å². The zero-order valence-electron chi connectivity index (χ0n) is 11.9. The highest BCUT2D eigenvalue weighted by Gasteiger charge is 2.11. The fourth-order valence-electron chi connectivity index (χ4n) is 1.90. The molecule has 0 atom stereocenters. The second-order valence-corrected chi connectivity index (χ2v) is 4.80. The number of methoxy groups -OCH3 is 1. The Kier molecular flexibility index (Phi) is 5.72. The Bertz CT molecular complexity index is 581. The summed E-state index contributed by atoms with van der Waals surface area (Å²) in [7, 11) is 1.59. The van der Waals surface area contributed by atoms with Gasteiger partial charge in [-0.15, -0.1) is 0 Å². The molecule has 4 nitrogen and oxygen atoms in total. The van der Waals surface area contributed by atoms with Crippen LogP contribution in [0.25, 0.3) is 0 Å². The van der Waals surface area contributed by atoms with Gasteiger partial charge in [0.25, 0.3) is 0 Å². The summed E-state index contributed by atoms with van der Waals surface area (Å²) in [5.41, 5.74) is 1.01. The molecule has 112 valence electrons. The van der Waals surface area contributed by atoms with Crippen molar-refractivity contribution in [1.29, 1.82) is 0 Å². The minimum Gasteiger partial charge on any atom is -0.493 e. The molecule has 2 rings (SSSR count). The number of nitrogens with one attached hydrogen (secondary N) is 1. The van der Waals surface area contributed by atoms with Crippen LogP contribution in [0.2, 0.25) is 5.02 Å². The zero-order chi connectivity index (χ0) is 15.1. The van der Waals surface area contributed by atoms with Crippen molar-refractivity contribution < 1.29 is 13.9 Å². The molecule has 5 heteroatoms. The number of hydrogen-bond acceptors (Lipinski definition) is 4. The number of rotatable bonds is 8. The molecule has 0 aliphatic rings. The molecule has 21 heavy (non-hydrogen) atoms. The van der Waals surface area contributed by atoms with Crippen LogP contribution in [-0.2, 0) is 13.1 Å². The van der Waals surface area contributed by atoms with E-state index in [2.05, 4.69) is 11.9 Å². The smallest absolute Gasteiger partial charge is 0.180 e. The maximum atomic E-state index is 6.24. The van der Waals surface area contributed by atoms with Crippen molar-refractivity contribution in [3.8, 4) is 11.5 Å². The predicted molar refractivity (Wildman–Crippen MR) is 82.9 cm³/mol. The molecule has 0 saturated heterocycles. The quantitative estimate of drug-likeness (QED) is 0.753. The Labute approximate surface area is 129 Å². The Balaban J connectivity index is 2.02. The molecule has 2 aromatic rings. The molecule has 0 amide bonds. The zero-order valence-corrected chi connectivity index (χ0v) is 12.7. The highest BCUT2D eigenvalue weighted by Crippen LogP contribution is 2.36. The van der Waals surface area contributed by atoms with Crippen molar-refractivity contribution in [3.63, 3.8) is 0 Å². The van der Waals surface area contributed by atoms with Crippen LogP contribution in [0.1, 0.15) is 11.3 Å². The second kappa shape index (κ2) is 7.76. The van der Waals surface area contributed by atoms with Crippen LogP contribution >= 0.6 is 11.6 Å². The van der Waals surface area contributed by atoms with E-state index in [0.29, 0.717) is 36.2 Å². The van der Waals surface area contributed by atoms with Gasteiger partial charge < -0.3 is 19.2 Å². The van der Waals surface area contributed by atoms with E-state index in [1.54, 1.807) is 19.4 Å². The van der Waals surface area contributed by atoms with E-state index in [0.717, 1.165) is 11.3 Å². The van der Waals surface area contributed by atoms with Crippen molar-refractivity contribution in [1.82, 2.24) is 5.32 Å². The van der Waals surface area contributed by atoms with Crippen LogP contribution in [0.4, 0.5) is 0 Å². The lowest BCUT2D eigenvalue weighted by molar-refractivity contribution is 0.326. The first-order valence-electron chi connectivity index (χ1n) is 6.57. The minimum absolute atomic E-state index is 0.381. The third-order valence-corrected chi connectivity index (χ3v) is 3.12. The average molecular weight is 308 g/mol. The van der Waals surface area contributed by atoms with E-state index in [1.807, 2.05) is 24.3 Å². The molecule has 0 saturated carbocycles. The minimum atomic E-state index is 0.381. The van der Waals surface area contributed by atoms with E-state index < -0.39 is 0 Å².